The summed E-state index contributed by atoms with van der Waals surface area (Å²) in [6.45, 7) is 1.92. The molecule has 1 aromatic rings. The van der Waals surface area contributed by atoms with Crippen LogP contribution in [0, 0.1) is 22.0 Å². The number of fused-ring (bicyclic) bond motifs is 2. The van der Waals surface area contributed by atoms with Crippen molar-refractivity contribution in [1.29, 1.82) is 4.78 Å². The predicted octanol–water partition coefficient (Wildman–Crippen LogP) is 2.71. The van der Waals surface area contributed by atoms with Crippen molar-refractivity contribution in [3.8, 4) is 0 Å². The molecule has 0 amide bonds. The molecule has 30 heavy (non-hydrogen) atoms. The van der Waals surface area contributed by atoms with Crippen molar-refractivity contribution in [1.82, 2.24) is 0 Å². The first kappa shape index (κ1) is 24.5. The predicted molar refractivity (Wildman–Crippen MR) is 112 cm³/mol. The molecule has 0 aliphatic heterocycles. The van der Waals surface area contributed by atoms with Gasteiger partial charge in [0.25, 0.3) is 10.1 Å². The zero-order valence-corrected chi connectivity index (χ0v) is 19.1. The molecule has 0 saturated heterocycles. The van der Waals surface area contributed by atoms with Crippen LogP contribution < -0.4 is 0 Å². The summed E-state index contributed by atoms with van der Waals surface area (Å²) in [6, 6.07) is 6.91. The highest BCUT2D eigenvalue weighted by molar-refractivity contribution is 7.91. The summed E-state index contributed by atoms with van der Waals surface area (Å²) in [5, 5.41) is 0. The van der Waals surface area contributed by atoms with E-state index in [1.807, 2.05) is 6.92 Å². The Morgan fingerprint density at radius 2 is 1.87 bits per heavy atom. The lowest BCUT2D eigenvalue weighted by Gasteiger charge is -2.26. The van der Waals surface area contributed by atoms with Gasteiger partial charge in [-0.2, -0.15) is 8.42 Å². The molecule has 8 nitrogen and oxygen atoms in total. The van der Waals surface area contributed by atoms with Gasteiger partial charge in [-0.05, 0) is 48.8 Å². The third kappa shape index (κ3) is 5.89. The number of nitrogens with one attached hydrogen (secondary N) is 1. The summed E-state index contributed by atoms with van der Waals surface area (Å²) in [5.41, 5.74) is 0.205. The lowest BCUT2D eigenvalue weighted by molar-refractivity contribution is -0.140. The van der Waals surface area contributed by atoms with Crippen LogP contribution in [0.3, 0.4) is 0 Å². The number of rotatable bonds is 6. The van der Waals surface area contributed by atoms with E-state index in [9.17, 15) is 22.2 Å². The first-order valence-electron chi connectivity index (χ1n) is 9.66. The second-order valence-electron chi connectivity index (χ2n) is 8.16. The molecular formula is C20H29NO7S2. The van der Waals surface area contributed by atoms with Gasteiger partial charge in [-0.15, -0.1) is 0 Å². The number of ketones is 1. The second kappa shape index (κ2) is 9.15. The van der Waals surface area contributed by atoms with Gasteiger partial charge in [0.1, 0.15) is 5.78 Å². The van der Waals surface area contributed by atoms with E-state index in [2.05, 4.69) is 4.74 Å². The van der Waals surface area contributed by atoms with Gasteiger partial charge in [0.05, 0.1) is 22.6 Å². The van der Waals surface area contributed by atoms with Gasteiger partial charge in [0.15, 0.2) is 0 Å². The molecular weight excluding hydrogens is 430 g/mol. The van der Waals surface area contributed by atoms with Crippen molar-refractivity contribution >= 4 is 31.6 Å². The van der Waals surface area contributed by atoms with Gasteiger partial charge >= 0.3 is 5.97 Å². The summed E-state index contributed by atoms with van der Waals surface area (Å²) in [7, 11) is -5.33. The minimum Gasteiger partial charge on any atom is -0.469 e. The van der Waals surface area contributed by atoms with Crippen LogP contribution in [0.1, 0.15) is 38.2 Å². The van der Waals surface area contributed by atoms with Crippen LogP contribution in [0.25, 0.3) is 0 Å². The molecule has 1 unspecified atom stereocenters. The number of methoxy groups -OCH3 is 1. The van der Waals surface area contributed by atoms with Crippen LogP contribution in [0.15, 0.2) is 29.2 Å². The quantitative estimate of drug-likeness (QED) is 0.492. The number of Topliss-reactive ketones (excluding diaryl/α,β-unsaturated/α-hetero) is 1. The molecule has 0 heterocycles. The standard InChI is InChI=1S/C11H15NO3S.C9H14O4S/c1-15-11(13)8-5-9-3-6-10(7-4-9)16(2,12)14;1-6-7-2-3-9(6,8(10)4-7)5-14(11,12)13/h3-4,6-7,12H,5,8H2,1-2H3;6-7H,2-5H2,1H3,(H,11,12,13)/t;6-,7+,9+/m.0/s1. The molecule has 0 aromatic heterocycles. The molecule has 2 bridgehead atoms. The highest BCUT2D eigenvalue weighted by Gasteiger charge is 2.58. The second-order valence-corrected chi connectivity index (χ2v) is 11.8. The van der Waals surface area contributed by atoms with Crippen molar-refractivity contribution in [2.24, 2.45) is 17.3 Å². The summed E-state index contributed by atoms with van der Waals surface area (Å²) >= 11 is 0. The number of benzene rings is 1. The molecule has 2 N–H and O–H groups in total. The molecule has 10 heteroatoms. The van der Waals surface area contributed by atoms with E-state index in [0.717, 1.165) is 12.0 Å². The van der Waals surface area contributed by atoms with E-state index in [4.69, 9.17) is 9.33 Å². The van der Waals surface area contributed by atoms with Crippen LogP contribution in [-0.2, 0) is 40.6 Å². The van der Waals surface area contributed by atoms with Gasteiger partial charge in [0, 0.05) is 29.4 Å². The Balaban J connectivity index is 0.000000215. The SMILES string of the molecule is COC(=O)CCc1ccc(S(C)(=N)=O)cc1.C[C@H]1[C@@H]2CC[C@]1(CS(=O)(=O)O)C(=O)C2. The lowest BCUT2D eigenvalue weighted by atomic mass is 9.81. The van der Waals surface area contributed by atoms with Gasteiger partial charge < -0.3 is 4.74 Å². The van der Waals surface area contributed by atoms with Crippen LogP contribution in [0.5, 0.6) is 0 Å². The Labute approximate surface area is 178 Å². The van der Waals surface area contributed by atoms with Crippen molar-refractivity contribution in [2.45, 2.75) is 43.9 Å². The number of ether oxygens (including phenoxy) is 1. The molecule has 2 aliphatic rings. The fourth-order valence-corrected chi connectivity index (χ4v) is 6.23. The first-order valence-corrected chi connectivity index (χ1v) is 13.2. The first-order chi connectivity index (χ1) is 13.8. The number of hydrogen-bond donors (Lipinski definition) is 2. The van der Waals surface area contributed by atoms with Gasteiger partial charge in [-0.25, -0.2) is 8.99 Å². The van der Waals surface area contributed by atoms with Crippen molar-refractivity contribution < 1.29 is 31.5 Å². The maximum Gasteiger partial charge on any atom is 0.305 e. The van der Waals surface area contributed by atoms with E-state index in [-0.39, 0.29) is 23.4 Å². The Bertz CT molecular complexity index is 1000. The summed E-state index contributed by atoms with van der Waals surface area (Å²) in [6.07, 6.45) is 4.35. The monoisotopic (exact) mass is 459 g/mol. The van der Waals surface area contributed by atoms with E-state index in [0.29, 0.717) is 36.5 Å². The summed E-state index contributed by atoms with van der Waals surface area (Å²) in [5.74, 6) is -0.153. The highest BCUT2D eigenvalue weighted by Crippen LogP contribution is 2.56. The number of carbonyl (C=O) groups is 2. The normalized spacial score (nSPS) is 27.1. The molecule has 2 fully saturated rings. The molecule has 1 aromatic carbocycles. The Morgan fingerprint density at radius 1 is 1.27 bits per heavy atom. The number of esters is 1. The molecule has 0 radical (unpaired) electrons. The Kier molecular flexibility index (Phi) is 7.47. The van der Waals surface area contributed by atoms with Gasteiger partial charge in [-0.1, -0.05) is 19.1 Å². The van der Waals surface area contributed by atoms with E-state index < -0.39 is 25.3 Å². The third-order valence-electron chi connectivity index (χ3n) is 6.20. The molecule has 2 aliphatic carbocycles. The molecule has 168 valence electrons. The largest absolute Gasteiger partial charge is 0.469 e. The van der Waals surface area contributed by atoms with E-state index >= 15 is 0 Å². The van der Waals surface area contributed by atoms with Crippen LogP contribution >= 0.6 is 0 Å². The average Bonchev–Trinajstić information content (AvgIpc) is 3.06. The minimum atomic E-state index is -4.04. The Hall–Kier alpha value is -1.78. The van der Waals surface area contributed by atoms with E-state index in [1.54, 1.807) is 24.3 Å². The van der Waals surface area contributed by atoms with Crippen LogP contribution in [0.2, 0.25) is 0 Å². The topological polar surface area (TPSA) is 139 Å². The molecule has 2 saturated carbocycles. The fraction of sp³-hybridized carbons (Fsp3) is 0.600. The number of carbonyl (C=O) groups excluding carboxylic acids is 2. The third-order valence-corrected chi connectivity index (χ3v) is 8.25. The number of hydrogen-bond acceptors (Lipinski definition) is 7. The van der Waals surface area contributed by atoms with Crippen LogP contribution in [-0.4, -0.2) is 48.1 Å². The summed E-state index contributed by atoms with van der Waals surface area (Å²) in [4.78, 5) is 23.1. The minimum absolute atomic E-state index is 0.0267. The van der Waals surface area contributed by atoms with E-state index in [1.165, 1.54) is 13.4 Å². The fourth-order valence-electron chi connectivity index (χ4n) is 4.36. The maximum atomic E-state index is 11.7. The smallest absolute Gasteiger partial charge is 0.305 e. The molecule has 4 atom stereocenters. The highest BCUT2D eigenvalue weighted by atomic mass is 32.2. The van der Waals surface area contributed by atoms with Crippen molar-refractivity contribution in [2.75, 3.05) is 19.1 Å². The molecule has 0 spiro atoms. The van der Waals surface area contributed by atoms with Gasteiger partial charge in [0.2, 0.25) is 0 Å². The van der Waals surface area contributed by atoms with Crippen molar-refractivity contribution in [3.05, 3.63) is 29.8 Å². The van der Waals surface area contributed by atoms with Crippen molar-refractivity contribution in [3.63, 3.8) is 0 Å². The number of aryl methyl sites for hydroxylation is 1. The zero-order chi connectivity index (χ0) is 22.7. The maximum absolute atomic E-state index is 11.7. The summed E-state index contributed by atoms with van der Waals surface area (Å²) < 4.78 is 53.9. The Morgan fingerprint density at radius 3 is 2.27 bits per heavy atom. The van der Waals surface area contributed by atoms with Gasteiger partial charge in [-0.3, -0.25) is 14.1 Å². The lowest BCUT2D eigenvalue weighted by Crippen LogP contribution is -2.36. The average molecular weight is 460 g/mol. The zero-order valence-electron chi connectivity index (χ0n) is 17.4. The van der Waals surface area contributed by atoms with Crippen LogP contribution in [0.4, 0.5) is 0 Å². The molecule has 3 rings (SSSR count).